The summed E-state index contributed by atoms with van der Waals surface area (Å²) in [7, 11) is 1.64. The highest BCUT2D eigenvalue weighted by atomic mass is 32.2. The van der Waals surface area contributed by atoms with Gasteiger partial charge in [0.1, 0.15) is 5.76 Å². The molecule has 0 aliphatic rings. The number of methoxy groups -OCH3 is 1. The summed E-state index contributed by atoms with van der Waals surface area (Å²) in [4.78, 5) is 14.0. The molecule has 0 aliphatic carbocycles. The van der Waals surface area contributed by atoms with E-state index in [0.717, 1.165) is 5.76 Å². The highest BCUT2D eigenvalue weighted by Gasteiger charge is 2.19. The van der Waals surface area contributed by atoms with Crippen LogP contribution in [0.15, 0.2) is 22.8 Å². The Labute approximate surface area is 119 Å². The minimum absolute atomic E-state index is 0.0905. The van der Waals surface area contributed by atoms with E-state index in [2.05, 4.69) is 20.8 Å². The van der Waals surface area contributed by atoms with Crippen molar-refractivity contribution < 1.29 is 13.9 Å². The van der Waals surface area contributed by atoms with E-state index in [0.29, 0.717) is 25.4 Å². The normalized spacial score (nSPS) is 11.6. The zero-order valence-corrected chi connectivity index (χ0v) is 13.0. The number of carbonyl (C=O) groups is 1. The van der Waals surface area contributed by atoms with Crippen LogP contribution in [0.2, 0.25) is 0 Å². The quantitative estimate of drug-likeness (QED) is 0.772. The molecule has 1 aromatic heterocycles. The lowest BCUT2D eigenvalue weighted by Gasteiger charge is -2.24. The van der Waals surface area contributed by atoms with E-state index in [1.54, 1.807) is 30.0 Å². The standard InChI is InChI=1S/C14H23NO3S/c1-14(2,3)19-11-13(16)15(7-9-17-4)10-12-6-5-8-18-12/h5-6,8H,7,9-11H2,1-4H3. The third-order valence-electron chi connectivity index (χ3n) is 2.47. The van der Waals surface area contributed by atoms with Crippen molar-refractivity contribution >= 4 is 17.7 Å². The van der Waals surface area contributed by atoms with Crippen LogP contribution < -0.4 is 0 Å². The summed E-state index contributed by atoms with van der Waals surface area (Å²) in [5.74, 6) is 1.40. The second-order valence-electron chi connectivity index (χ2n) is 5.29. The maximum Gasteiger partial charge on any atom is 0.233 e. The van der Waals surface area contributed by atoms with Gasteiger partial charge in [-0.05, 0) is 12.1 Å². The summed E-state index contributed by atoms with van der Waals surface area (Å²) in [5, 5.41) is 0. The van der Waals surface area contributed by atoms with E-state index in [9.17, 15) is 4.79 Å². The molecule has 0 bridgehead atoms. The van der Waals surface area contributed by atoms with Crippen molar-refractivity contribution in [1.29, 1.82) is 0 Å². The Morgan fingerprint density at radius 3 is 2.74 bits per heavy atom. The van der Waals surface area contributed by atoms with Crippen LogP contribution in [0.1, 0.15) is 26.5 Å². The average Bonchev–Trinajstić information content (AvgIpc) is 2.83. The van der Waals surface area contributed by atoms with Gasteiger partial charge >= 0.3 is 0 Å². The number of thioether (sulfide) groups is 1. The molecule has 0 spiro atoms. The van der Waals surface area contributed by atoms with Crippen molar-refractivity contribution in [2.75, 3.05) is 26.0 Å². The number of hydrogen-bond donors (Lipinski definition) is 0. The van der Waals surface area contributed by atoms with E-state index in [1.807, 2.05) is 12.1 Å². The first-order valence-electron chi connectivity index (χ1n) is 6.35. The van der Waals surface area contributed by atoms with Gasteiger partial charge in [-0.25, -0.2) is 0 Å². The predicted octanol–water partition coefficient (Wildman–Crippen LogP) is 2.79. The molecule has 0 N–H and O–H groups in total. The first-order valence-corrected chi connectivity index (χ1v) is 7.34. The minimum Gasteiger partial charge on any atom is -0.467 e. The van der Waals surface area contributed by atoms with Crippen LogP contribution in [0.3, 0.4) is 0 Å². The van der Waals surface area contributed by atoms with Gasteiger partial charge in [0.05, 0.1) is 25.2 Å². The summed E-state index contributed by atoms with van der Waals surface area (Å²) >= 11 is 1.65. The Hall–Kier alpha value is -0.940. The Morgan fingerprint density at radius 2 is 2.21 bits per heavy atom. The van der Waals surface area contributed by atoms with Crippen molar-refractivity contribution in [3.8, 4) is 0 Å². The maximum absolute atomic E-state index is 12.2. The van der Waals surface area contributed by atoms with Crippen LogP contribution >= 0.6 is 11.8 Å². The smallest absolute Gasteiger partial charge is 0.233 e. The predicted molar refractivity (Wildman–Crippen MR) is 78.2 cm³/mol. The van der Waals surface area contributed by atoms with Crippen molar-refractivity contribution in [3.63, 3.8) is 0 Å². The second-order valence-corrected chi connectivity index (χ2v) is 7.09. The maximum atomic E-state index is 12.2. The van der Waals surface area contributed by atoms with Gasteiger partial charge < -0.3 is 14.1 Å². The largest absolute Gasteiger partial charge is 0.467 e. The molecular weight excluding hydrogens is 262 g/mol. The van der Waals surface area contributed by atoms with Crippen LogP contribution in [-0.4, -0.2) is 41.6 Å². The zero-order valence-electron chi connectivity index (χ0n) is 12.1. The summed E-state index contributed by atoms with van der Waals surface area (Å²) in [5.41, 5.74) is 0. The number of furan rings is 1. The van der Waals surface area contributed by atoms with Crippen LogP contribution in [0.5, 0.6) is 0 Å². The van der Waals surface area contributed by atoms with E-state index >= 15 is 0 Å². The highest BCUT2D eigenvalue weighted by molar-refractivity contribution is 8.01. The first-order chi connectivity index (χ1) is 8.92. The molecule has 0 fully saturated rings. The van der Waals surface area contributed by atoms with Gasteiger partial charge in [0.25, 0.3) is 0 Å². The molecule has 0 saturated carbocycles. The van der Waals surface area contributed by atoms with E-state index < -0.39 is 0 Å². The van der Waals surface area contributed by atoms with Gasteiger partial charge in [0, 0.05) is 18.4 Å². The number of ether oxygens (including phenoxy) is 1. The summed E-state index contributed by atoms with van der Waals surface area (Å²) < 4.78 is 10.4. The molecule has 108 valence electrons. The Bertz CT molecular complexity index is 371. The van der Waals surface area contributed by atoms with Gasteiger partial charge in [0.15, 0.2) is 0 Å². The third-order valence-corrected chi connectivity index (χ3v) is 3.73. The lowest BCUT2D eigenvalue weighted by atomic mass is 10.3. The van der Waals surface area contributed by atoms with Gasteiger partial charge in [0.2, 0.25) is 5.91 Å². The van der Waals surface area contributed by atoms with Crippen LogP contribution in [0.25, 0.3) is 0 Å². The van der Waals surface area contributed by atoms with Gasteiger partial charge in [-0.2, -0.15) is 0 Å². The van der Waals surface area contributed by atoms with Crippen LogP contribution in [0.4, 0.5) is 0 Å². The number of hydrogen-bond acceptors (Lipinski definition) is 4. The van der Waals surface area contributed by atoms with Crippen molar-refractivity contribution in [2.24, 2.45) is 0 Å². The fraction of sp³-hybridized carbons (Fsp3) is 0.643. The molecule has 1 amide bonds. The summed E-state index contributed by atoms with van der Waals surface area (Å²) in [6.07, 6.45) is 1.62. The zero-order chi connectivity index (χ0) is 14.3. The third kappa shape index (κ3) is 6.68. The minimum atomic E-state index is 0.0905. The van der Waals surface area contributed by atoms with Crippen LogP contribution in [0, 0.1) is 0 Å². The van der Waals surface area contributed by atoms with Gasteiger partial charge in [-0.1, -0.05) is 20.8 Å². The monoisotopic (exact) mass is 285 g/mol. The van der Waals surface area contributed by atoms with Crippen molar-refractivity contribution in [2.45, 2.75) is 32.1 Å². The molecular formula is C14H23NO3S. The Kier molecular flexibility index (Phi) is 6.45. The number of carbonyl (C=O) groups excluding carboxylic acids is 1. The Morgan fingerprint density at radius 1 is 1.47 bits per heavy atom. The van der Waals surface area contributed by atoms with Gasteiger partial charge in [-0.3, -0.25) is 4.79 Å². The molecule has 0 radical (unpaired) electrons. The first kappa shape index (κ1) is 16.1. The van der Waals surface area contributed by atoms with E-state index in [4.69, 9.17) is 9.15 Å². The molecule has 0 atom stereocenters. The number of nitrogens with zero attached hydrogens (tertiary/aromatic N) is 1. The topological polar surface area (TPSA) is 42.7 Å². The molecule has 1 aromatic rings. The van der Waals surface area contributed by atoms with E-state index in [-0.39, 0.29) is 10.7 Å². The molecule has 0 aliphatic heterocycles. The van der Waals surface area contributed by atoms with Crippen molar-refractivity contribution in [1.82, 2.24) is 4.90 Å². The van der Waals surface area contributed by atoms with Crippen molar-refractivity contribution in [3.05, 3.63) is 24.2 Å². The lowest BCUT2D eigenvalue weighted by Crippen LogP contribution is -2.35. The Balaban J connectivity index is 2.54. The van der Waals surface area contributed by atoms with Gasteiger partial charge in [-0.15, -0.1) is 11.8 Å². The fourth-order valence-electron chi connectivity index (χ4n) is 1.45. The fourth-order valence-corrected chi connectivity index (χ4v) is 2.19. The summed E-state index contributed by atoms with van der Waals surface area (Å²) in [6, 6.07) is 3.71. The molecule has 4 nitrogen and oxygen atoms in total. The van der Waals surface area contributed by atoms with E-state index in [1.165, 1.54) is 0 Å². The average molecular weight is 285 g/mol. The van der Waals surface area contributed by atoms with Crippen LogP contribution in [-0.2, 0) is 16.1 Å². The molecule has 1 heterocycles. The molecule has 5 heteroatoms. The summed E-state index contributed by atoms with van der Waals surface area (Å²) in [6.45, 7) is 7.94. The highest BCUT2D eigenvalue weighted by Crippen LogP contribution is 2.23. The number of amides is 1. The SMILES string of the molecule is COCCN(Cc1ccco1)C(=O)CSC(C)(C)C. The second kappa shape index (κ2) is 7.60. The lowest BCUT2D eigenvalue weighted by molar-refractivity contribution is -0.129. The molecule has 1 rings (SSSR count). The molecule has 0 unspecified atom stereocenters. The molecule has 0 saturated heterocycles. The molecule has 19 heavy (non-hydrogen) atoms. The molecule has 0 aromatic carbocycles. The number of rotatable bonds is 7.